The fourth-order valence-electron chi connectivity index (χ4n) is 3.59. The van der Waals surface area contributed by atoms with Gasteiger partial charge in [-0.3, -0.25) is 9.59 Å². The van der Waals surface area contributed by atoms with Crippen LogP contribution in [0.25, 0.3) is 10.9 Å². The molecule has 3 aromatic rings. The number of ether oxygens (including phenoxy) is 1. The number of rotatable bonds is 2. The molecule has 0 fully saturated rings. The molecule has 0 amide bonds. The number of benzene rings is 2. The minimum Gasteiger partial charge on any atom is -0.497 e. The first kappa shape index (κ1) is 17.1. The molecule has 1 aliphatic rings. The van der Waals surface area contributed by atoms with E-state index in [2.05, 4.69) is 4.98 Å². The Bertz CT molecular complexity index is 1100. The van der Waals surface area contributed by atoms with E-state index in [1.165, 1.54) is 0 Å². The topological polar surface area (TPSA) is 59.2 Å². The van der Waals surface area contributed by atoms with Crippen molar-refractivity contribution < 1.29 is 9.53 Å². The molecule has 1 atom stereocenters. The summed E-state index contributed by atoms with van der Waals surface area (Å²) in [5.74, 6) is 0.382. The Morgan fingerprint density at radius 2 is 1.88 bits per heavy atom. The fourth-order valence-corrected chi connectivity index (χ4v) is 4.16. The monoisotopic (exact) mass is 387 g/mol. The molecule has 132 valence electrons. The van der Waals surface area contributed by atoms with Crippen molar-refractivity contribution in [2.24, 2.45) is 0 Å². The lowest BCUT2D eigenvalue weighted by Crippen LogP contribution is -2.27. The predicted octanol–water partition coefficient (Wildman–Crippen LogP) is 4.76. The lowest BCUT2D eigenvalue weighted by atomic mass is 9.81. The third-order valence-electron chi connectivity index (χ3n) is 4.85. The number of carbonyl (C=O) groups is 1. The molecule has 1 aliphatic carbocycles. The van der Waals surface area contributed by atoms with Crippen molar-refractivity contribution in [1.29, 1.82) is 0 Å². The number of fused-ring (bicyclic) bond motifs is 2. The molecule has 1 aromatic heterocycles. The summed E-state index contributed by atoms with van der Waals surface area (Å²) in [5, 5.41) is 1.57. The number of H-pyrrole nitrogens is 1. The van der Waals surface area contributed by atoms with Crippen molar-refractivity contribution >= 4 is 39.9 Å². The number of pyridine rings is 1. The highest BCUT2D eigenvalue weighted by Crippen LogP contribution is 2.36. The Hall–Kier alpha value is -2.30. The molecule has 0 spiro atoms. The minimum absolute atomic E-state index is 0.0986. The first-order valence-corrected chi connectivity index (χ1v) is 8.94. The van der Waals surface area contributed by atoms with Gasteiger partial charge in [0.05, 0.1) is 18.2 Å². The van der Waals surface area contributed by atoms with Crippen LogP contribution in [0.5, 0.6) is 5.75 Å². The molecular weight excluding hydrogens is 373 g/mol. The first-order valence-electron chi connectivity index (χ1n) is 8.19. The number of aromatic amines is 1. The van der Waals surface area contributed by atoms with Crippen LogP contribution in [0, 0.1) is 0 Å². The molecule has 4 nitrogen and oxygen atoms in total. The average molecular weight is 388 g/mol. The van der Waals surface area contributed by atoms with Crippen molar-refractivity contribution in [3.63, 3.8) is 0 Å². The van der Waals surface area contributed by atoms with Crippen LogP contribution in [0.3, 0.4) is 0 Å². The SMILES string of the molecule is COc1ccc2c(=O)c3c([nH]c2c1)CC(c1ccc(Cl)cc1Cl)CC3=O. The van der Waals surface area contributed by atoms with Gasteiger partial charge in [0.1, 0.15) is 5.75 Å². The van der Waals surface area contributed by atoms with Gasteiger partial charge in [0.15, 0.2) is 11.2 Å². The van der Waals surface area contributed by atoms with Gasteiger partial charge in [-0.1, -0.05) is 29.3 Å². The Labute approximate surface area is 159 Å². The first-order chi connectivity index (χ1) is 12.5. The number of methoxy groups -OCH3 is 1. The molecular formula is C20H15Cl2NO3. The number of halogens is 2. The second-order valence-corrected chi connectivity index (χ2v) is 7.26. The molecule has 4 rings (SSSR count). The quantitative estimate of drug-likeness (QED) is 0.689. The molecule has 0 bridgehead atoms. The van der Waals surface area contributed by atoms with Gasteiger partial charge in [0.2, 0.25) is 0 Å². The summed E-state index contributed by atoms with van der Waals surface area (Å²) in [6.07, 6.45) is 0.782. The third kappa shape index (κ3) is 2.79. The van der Waals surface area contributed by atoms with Gasteiger partial charge < -0.3 is 9.72 Å². The summed E-state index contributed by atoms with van der Waals surface area (Å²) in [7, 11) is 1.57. The van der Waals surface area contributed by atoms with Crippen LogP contribution in [0.15, 0.2) is 41.2 Å². The summed E-state index contributed by atoms with van der Waals surface area (Å²) in [5.41, 5.74) is 2.18. The van der Waals surface area contributed by atoms with E-state index in [1.54, 1.807) is 37.4 Å². The number of carbonyl (C=O) groups excluding carboxylic acids is 1. The predicted molar refractivity (Wildman–Crippen MR) is 103 cm³/mol. The van der Waals surface area contributed by atoms with Crippen LogP contribution in [0.4, 0.5) is 0 Å². The molecule has 0 saturated carbocycles. The lowest BCUT2D eigenvalue weighted by Gasteiger charge is -2.24. The number of hydrogen-bond acceptors (Lipinski definition) is 3. The van der Waals surface area contributed by atoms with Gasteiger partial charge in [-0.05, 0) is 42.2 Å². The summed E-state index contributed by atoms with van der Waals surface area (Å²) < 4.78 is 5.23. The van der Waals surface area contributed by atoms with Gasteiger partial charge in [0.25, 0.3) is 0 Å². The number of Topliss-reactive ketones (excluding diaryl/α,β-unsaturated/α-hetero) is 1. The van der Waals surface area contributed by atoms with Crippen LogP contribution in [0.1, 0.15) is 34.0 Å². The van der Waals surface area contributed by atoms with Crippen molar-refractivity contribution in [3.05, 3.63) is 73.5 Å². The molecule has 1 heterocycles. The smallest absolute Gasteiger partial charge is 0.200 e. The zero-order chi connectivity index (χ0) is 18.4. The maximum atomic E-state index is 12.8. The number of hydrogen-bond donors (Lipinski definition) is 1. The average Bonchev–Trinajstić information content (AvgIpc) is 2.60. The third-order valence-corrected chi connectivity index (χ3v) is 5.41. The fraction of sp³-hybridized carbons (Fsp3) is 0.200. The van der Waals surface area contributed by atoms with Crippen LogP contribution in [-0.4, -0.2) is 17.9 Å². The minimum atomic E-state index is -0.234. The molecule has 1 N–H and O–H groups in total. The van der Waals surface area contributed by atoms with E-state index in [9.17, 15) is 9.59 Å². The van der Waals surface area contributed by atoms with Crippen LogP contribution >= 0.6 is 23.2 Å². The van der Waals surface area contributed by atoms with Gasteiger partial charge in [-0.15, -0.1) is 0 Å². The number of aromatic nitrogens is 1. The highest BCUT2D eigenvalue weighted by molar-refractivity contribution is 6.35. The maximum Gasteiger partial charge on any atom is 0.200 e. The Balaban J connectivity index is 1.85. The van der Waals surface area contributed by atoms with E-state index >= 15 is 0 Å². The molecule has 2 aromatic carbocycles. The number of ketones is 1. The summed E-state index contributed by atoms with van der Waals surface area (Å²) in [4.78, 5) is 28.8. The largest absolute Gasteiger partial charge is 0.497 e. The summed E-state index contributed by atoms with van der Waals surface area (Å²) >= 11 is 12.3. The van der Waals surface area contributed by atoms with E-state index in [-0.39, 0.29) is 29.1 Å². The normalized spacial score (nSPS) is 16.6. The highest BCUT2D eigenvalue weighted by Gasteiger charge is 2.30. The molecule has 0 saturated heterocycles. The van der Waals surface area contributed by atoms with E-state index < -0.39 is 0 Å². The summed E-state index contributed by atoms with van der Waals surface area (Å²) in [6, 6.07) is 10.4. The summed E-state index contributed by atoms with van der Waals surface area (Å²) in [6.45, 7) is 0. The second-order valence-electron chi connectivity index (χ2n) is 6.41. The van der Waals surface area contributed by atoms with Crippen LogP contribution < -0.4 is 10.2 Å². The Morgan fingerprint density at radius 1 is 1.08 bits per heavy atom. The van der Waals surface area contributed by atoms with Crippen LogP contribution in [0.2, 0.25) is 10.0 Å². The standard InChI is InChI=1S/C20H15Cl2NO3/c1-26-12-3-5-14-16(9-12)23-17-6-10(7-18(24)19(17)20(14)25)13-4-2-11(21)8-15(13)22/h2-5,8-10H,6-7H2,1H3,(H,23,25). The van der Waals surface area contributed by atoms with Crippen molar-refractivity contribution in [2.45, 2.75) is 18.8 Å². The van der Waals surface area contributed by atoms with Gasteiger partial charge in [0, 0.05) is 33.6 Å². The maximum absolute atomic E-state index is 12.8. The molecule has 6 heteroatoms. The molecule has 0 radical (unpaired) electrons. The second kappa shape index (κ2) is 6.45. The van der Waals surface area contributed by atoms with E-state index in [0.717, 1.165) is 5.56 Å². The highest BCUT2D eigenvalue weighted by atomic mass is 35.5. The lowest BCUT2D eigenvalue weighted by molar-refractivity contribution is 0.0962. The molecule has 26 heavy (non-hydrogen) atoms. The van der Waals surface area contributed by atoms with Crippen molar-refractivity contribution in [3.8, 4) is 5.75 Å². The van der Waals surface area contributed by atoms with Crippen molar-refractivity contribution in [1.82, 2.24) is 4.98 Å². The Morgan fingerprint density at radius 3 is 2.62 bits per heavy atom. The van der Waals surface area contributed by atoms with E-state index in [1.807, 2.05) is 6.07 Å². The number of nitrogens with one attached hydrogen (secondary N) is 1. The Kier molecular flexibility index (Phi) is 4.25. The van der Waals surface area contributed by atoms with Crippen molar-refractivity contribution in [2.75, 3.05) is 7.11 Å². The van der Waals surface area contributed by atoms with Gasteiger partial charge in [-0.25, -0.2) is 0 Å². The zero-order valence-electron chi connectivity index (χ0n) is 13.9. The van der Waals surface area contributed by atoms with E-state index in [0.29, 0.717) is 38.8 Å². The van der Waals surface area contributed by atoms with Crippen LogP contribution in [-0.2, 0) is 6.42 Å². The van der Waals surface area contributed by atoms with Gasteiger partial charge >= 0.3 is 0 Å². The molecule has 1 unspecified atom stereocenters. The van der Waals surface area contributed by atoms with Gasteiger partial charge in [-0.2, -0.15) is 0 Å². The molecule has 0 aliphatic heterocycles. The zero-order valence-corrected chi connectivity index (χ0v) is 15.4. The van der Waals surface area contributed by atoms with E-state index in [4.69, 9.17) is 27.9 Å².